The Hall–Kier alpha value is -2.70. The summed E-state index contributed by atoms with van der Waals surface area (Å²) in [6, 6.07) is 16.6. The summed E-state index contributed by atoms with van der Waals surface area (Å²) in [6.07, 6.45) is 3.88. The highest BCUT2D eigenvalue weighted by Crippen LogP contribution is 2.03. The van der Waals surface area contributed by atoms with Crippen molar-refractivity contribution in [2.45, 2.75) is 45.3 Å². The molecule has 0 aliphatic heterocycles. The molecule has 148 valence electrons. The van der Waals surface area contributed by atoms with Crippen molar-refractivity contribution in [1.29, 1.82) is 0 Å². The van der Waals surface area contributed by atoms with Gasteiger partial charge < -0.3 is 20.4 Å². The van der Waals surface area contributed by atoms with Crippen LogP contribution < -0.4 is 0 Å². The minimum atomic E-state index is -1.10. The molecule has 0 radical (unpaired) electrons. The number of carboxylic acid groups (broad SMARTS) is 2. The summed E-state index contributed by atoms with van der Waals surface area (Å²) in [5, 5.41) is 33.6. The third kappa shape index (κ3) is 14.2. The van der Waals surface area contributed by atoms with E-state index in [2.05, 4.69) is 6.92 Å². The van der Waals surface area contributed by atoms with Crippen LogP contribution >= 0.6 is 0 Å². The van der Waals surface area contributed by atoms with Crippen molar-refractivity contribution in [3.05, 3.63) is 71.8 Å². The Morgan fingerprint density at radius 3 is 1.41 bits per heavy atom. The average Bonchev–Trinajstić information content (AvgIpc) is 2.67. The number of hydrogen-bond acceptors (Lipinski definition) is 4. The lowest BCUT2D eigenvalue weighted by atomic mass is 10.1. The summed E-state index contributed by atoms with van der Waals surface area (Å²) in [6.45, 7) is 2.13. The highest BCUT2D eigenvalue weighted by Gasteiger charge is 1.97. The largest absolute Gasteiger partial charge is 0.478 e. The first kappa shape index (κ1) is 24.3. The maximum absolute atomic E-state index is 10.2. The van der Waals surface area contributed by atoms with E-state index in [0.717, 1.165) is 12.8 Å². The van der Waals surface area contributed by atoms with Crippen LogP contribution in [0, 0.1) is 0 Å². The molecule has 6 heteroatoms. The molecule has 2 aromatic carbocycles. The van der Waals surface area contributed by atoms with Crippen molar-refractivity contribution in [2.75, 3.05) is 0 Å². The molecule has 6 nitrogen and oxygen atoms in total. The molecular weight excluding hydrogens is 348 g/mol. The molecule has 0 aliphatic carbocycles. The number of aromatic carboxylic acids is 2. The highest BCUT2D eigenvalue weighted by molar-refractivity contribution is 5.87. The summed E-state index contributed by atoms with van der Waals surface area (Å²) in [5.41, 5.74) is 0.662. The van der Waals surface area contributed by atoms with E-state index in [1.165, 1.54) is 12.8 Å². The Kier molecular flexibility index (Phi) is 14.0. The van der Waals surface area contributed by atoms with Gasteiger partial charge in [0.25, 0.3) is 0 Å². The lowest BCUT2D eigenvalue weighted by Crippen LogP contribution is -2.02. The highest BCUT2D eigenvalue weighted by atomic mass is 16.5. The quantitative estimate of drug-likeness (QED) is 0.428. The zero-order valence-electron chi connectivity index (χ0n) is 15.5. The second-order valence-electron chi connectivity index (χ2n) is 5.67. The minimum Gasteiger partial charge on any atom is -0.478 e. The smallest absolute Gasteiger partial charge is 0.335 e. The Balaban J connectivity index is 0.000000376. The molecule has 0 heterocycles. The Morgan fingerprint density at radius 1 is 0.741 bits per heavy atom. The number of aliphatic hydroxyl groups excluding tert-OH is 1. The number of carbonyl (C=O) groups is 2. The predicted octanol–water partition coefficient (Wildman–Crippen LogP) is 4.04. The molecule has 2 rings (SSSR count). The molecule has 0 atom stereocenters. The monoisotopic (exact) mass is 376 g/mol. The lowest BCUT2D eigenvalue weighted by molar-refractivity contribution is -0.0466. The molecule has 0 spiro atoms. The first-order chi connectivity index (χ1) is 12.9. The van der Waals surface area contributed by atoms with Gasteiger partial charge in [-0.25, -0.2) is 9.59 Å². The van der Waals surface area contributed by atoms with E-state index in [9.17, 15) is 9.59 Å². The van der Waals surface area contributed by atoms with E-state index in [1.807, 2.05) is 0 Å². The zero-order chi connectivity index (χ0) is 20.5. The van der Waals surface area contributed by atoms with Crippen molar-refractivity contribution in [2.24, 2.45) is 0 Å². The van der Waals surface area contributed by atoms with E-state index < -0.39 is 18.2 Å². The standard InChI is InChI=1S/2C7H6O2.C7H16O2/c2*8-7(9)6-4-2-1-3-5-6;1-2-3-4-5-6-7(8)9/h2*1-5H,(H,8,9);7-9H,2-6H2,1H3. The molecular formula is C21H28O6. The van der Waals surface area contributed by atoms with Crippen LogP contribution in [-0.4, -0.2) is 38.7 Å². The van der Waals surface area contributed by atoms with Crippen LogP contribution in [0.5, 0.6) is 0 Å². The summed E-state index contributed by atoms with van der Waals surface area (Å²) >= 11 is 0. The number of rotatable bonds is 7. The van der Waals surface area contributed by atoms with Crippen LogP contribution in [-0.2, 0) is 0 Å². The fraction of sp³-hybridized carbons (Fsp3) is 0.333. The molecule has 4 N–H and O–H groups in total. The third-order valence-corrected chi connectivity index (χ3v) is 3.36. The number of unbranched alkanes of at least 4 members (excludes halogenated alkanes) is 3. The van der Waals surface area contributed by atoms with Gasteiger partial charge in [0, 0.05) is 0 Å². The Labute approximate surface area is 159 Å². The summed E-state index contributed by atoms with van der Waals surface area (Å²) in [7, 11) is 0. The summed E-state index contributed by atoms with van der Waals surface area (Å²) in [4.78, 5) is 20.4. The van der Waals surface area contributed by atoms with Crippen LogP contribution in [0.4, 0.5) is 0 Å². The third-order valence-electron chi connectivity index (χ3n) is 3.36. The molecule has 0 fully saturated rings. The number of carboxylic acids is 2. The van der Waals surface area contributed by atoms with E-state index >= 15 is 0 Å². The molecule has 0 saturated carbocycles. The first-order valence-electron chi connectivity index (χ1n) is 8.81. The van der Waals surface area contributed by atoms with Crippen LogP contribution in [0.3, 0.4) is 0 Å². The van der Waals surface area contributed by atoms with Gasteiger partial charge in [-0.15, -0.1) is 0 Å². The predicted molar refractivity (Wildman–Crippen MR) is 104 cm³/mol. The van der Waals surface area contributed by atoms with Crippen molar-refractivity contribution >= 4 is 11.9 Å². The second kappa shape index (κ2) is 15.5. The maximum Gasteiger partial charge on any atom is 0.335 e. The topological polar surface area (TPSA) is 115 Å². The van der Waals surface area contributed by atoms with Gasteiger partial charge in [0.1, 0.15) is 0 Å². The van der Waals surface area contributed by atoms with E-state index in [1.54, 1.807) is 60.7 Å². The Bertz CT molecular complexity index is 576. The van der Waals surface area contributed by atoms with Crippen LogP contribution in [0.25, 0.3) is 0 Å². The normalized spacial score (nSPS) is 9.48. The Morgan fingerprint density at radius 2 is 1.15 bits per heavy atom. The van der Waals surface area contributed by atoms with Crippen LogP contribution in [0.15, 0.2) is 60.7 Å². The number of aliphatic hydroxyl groups is 2. The molecule has 0 aromatic heterocycles. The zero-order valence-corrected chi connectivity index (χ0v) is 15.5. The molecule has 0 bridgehead atoms. The van der Waals surface area contributed by atoms with Crippen molar-refractivity contribution in [3.8, 4) is 0 Å². The van der Waals surface area contributed by atoms with E-state index in [4.69, 9.17) is 20.4 Å². The first-order valence-corrected chi connectivity index (χ1v) is 8.81. The van der Waals surface area contributed by atoms with Gasteiger partial charge in [-0.1, -0.05) is 62.6 Å². The molecule has 0 aliphatic rings. The number of hydrogen-bond donors (Lipinski definition) is 4. The van der Waals surface area contributed by atoms with Gasteiger partial charge in [0.2, 0.25) is 0 Å². The van der Waals surface area contributed by atoms with E-state index in [-0.39, 0.29) is 0 Å². The summed E-state index contributed by atoms with van der Waals surface area (Å²) < 4.78 is 0. The lowest BCUT2D eigenvalue weighted by Gasteiger charge is -2.00. The van der Waals surface area contributed by atoms with Gasteiger partial charge in [0.15, 0.2) is 6.29 Å². The molecule has 2 aromatic rings. The van der Waals surface area contributed by atoms with Gasteiger partial charge in [-0.2, -0.15) is 0 Å². The SMILES string of the molecule is CCCCCCC(O)O.O=C(O)c1ccccc1.O=C(O)c1ccccc1. The fourth-order valence-corrected chi connectivity index (χ4v) is 1.92. The van der Waals surface area contributed by atoms with Gasteiger partial charge in [0.05, 0.1) is 11.1 Å². The van der Waals surface area contributed by atoms with E-state index in [0.29, 0.717) is 17.5 Å². The number of benzene rings is 2. The maximum atomic E-state index is 10.2. The molecule has 27 heavy (non-hydrogen) atoms. The second-order valence-corrected chi connectivity index (χ2v) is 5.67. The molecule has 0 saturated heterocycles. The van der Waals surface area contributed by atoms with Crippen molar-refractivity contribution < 1.29 is 30.0 Å². The average molecular weight is 376 g/mol. The fourth-order valence-electron chi connectivity index (χ4n) is 1.92. The summed E-state index contributed by atoms with van der Waals surface area (Å²) in [5.74, 6) is -1.76. The van der Waals surface area contributed by atoms with Gasteiger partial charge >= 0.3 is 11.9 Å². The van der Waals surface area contributed by atoms with Gasteiger partial charge in [-0.3, -0.25) is 0 Å². The van der Waals surface area contributed by atoms with Crippen molar-refractivity contribution in [3.63, 3.8) is 0 Å². The van der Waals surface area contributed by atoms with Gasteiger partial charge in [-0.05, 0) is 37.1 Å². The van der Waals surface area contributed by atoms with Crippen LogP contribution in [0.2, 0.25) is 0 Å². The molecule has 0 amide bonds. The molecule has 0 unspecified atom stereocenters. The van der Waals surface area contributed by atoms with Crippen LogP contribution in [0.1, 0.15) is 59.7 Å². The minimum absolute atomic E-state index is 0.331. The van der Waals surface area contributed by atoms with Crippen molar-refractivity contribution in [1.82, 2.24) is 0 Å².